The first-order valence-electron chi connectivity index (χ1n) is 6.37. The molecular formula is C13H18N2O2. The van der Waals surface area contributed by atoms with E-state index in [-0.39, 0.29) is 18.0 Å². The fourth-order valence-electron chi connectivity index (χ4n) is 2.73. The van der Waals surface area contributed by atoms with Crippen molar-refractivity contribution in [2.45, 2.75) is 50.2 Å². The summed E-state index contributed by atoms with van der Waals surface area (Å²) in [6.07, 6.45) is 6.27. The molecule has 3 rings (SSSR count). The number of carbonyl (C=O) groups is 1. The Kier molecular flexibility index (Phi) is 2.67. The van der Waals surface area contributed by atoms with Crippen LogP contribution in [0.4, 0.5) is 0 Å². The first-order chi connectivity index (χ1) is 8.27. The van der Waals surface area contributed by atoms with E-state index >= 15 is 0 Å². The zero-order valence-corrected chi connectivity index (χ0v) is 9.84. The minimum Gasteiger partial charge on any atom is -0.467 e. The molecule has 2 heterocycles. The molecule has 1 aromatic rings. The van der Waals surface area contributed by atoms with Crippen molar-refractivity contribution in [1.29, 1.82) is 0 Å². The Bertz CT molecular complexity index is 398. The maximum Gasteiger partial charge on any atom is 0.223 e. The predicted octanol–water partition coefficient (Wildman–Crippen LogP) is 1.82. The van der Waals surface area contributed by atoms with Crippen molar-refractivity contribution in [3.63, 3.8) is 0 Å². The van der Waals surface area contributed by atoms with E-state index in [0.717, 1.165) is 31.4 Å². The normalized spacial score (nSPS) is 30.4. The van der Waals surface area contributed by atoms with Gasteiger partial charge >= 0.3 is 0 Å². The SMILES string of the molecule is NC1CCCC(=O)N(C2CC2)C1c1ccco1. The van der Waals surface area contributed by atoms with Crippen molar-refractivity contribution in [2.75, 3.05) is 0 Å². The van der Waals surface area contributed by atoms with Gasteiger partial charge in [0.2, 0.25) is 5.91 Å². The Labute approximate surface area is 101 Å². The molecule has 2 N–H and O–H groups in total. The number of hydrogen-bond acceptors (Lipinski definition) is 3. The van der Waals surface area contributed by atoms with E-state index in [2.05, 4.69) is 0 Å². The van der Waals surface area contributed by atoms with Crippen LogP contribution in [0.2, 0.25) is 0 Å². The zero-order valence-electron chi connectivity index (χ0n) is 9.84. The third kappa shape index (κ3) is 1.97. The summed E-state index contributed by atoms with van der Waals surface area (Å²) in [5.74, 6) is 1.07. The Balaban J connectivity index is 1.95. The number of rotatable bonds is 2. The molecule has 0 bridgehead atoms. The highest BCUT2D eigenvalue weighted by Crippen LogP contribution is 2.39. The summed E-state index contributed by atoms with van der Waals surface area (Å²) in [4.78, 5) is 14.2. The highest BCUT2D eigenvalue weighted by atomic mass is 16.3. The molecule has 0 spiro atoms. The van der Waals surface area contributed by atoms with Gasteiger partial charge in [0.1, 0.15) is 11.8 Å². The van der Waals surface area contributed by atoms with Crippen LogP contribution in [0.1, 0.15) is 43.9 Å². The molecule has 1 amide bonds. The number of likely N-dealkylation sites (tertiary alicyclic amines) is 1. The number of hydrogen-bond donors (Lipinski definition) is 1. The van der Waals surface area contributed by atoms with Gasteiger partial charge in [-0.1, -0.05) is 0 Å². The van der Waals surface area contributed by atoms with Gasteiger partial charge in [-0.25, -0.2) is 0 Å². The Morgan fingerprint density at radius 2 is 2.18 bits per heavy atom. The largest absolute Gasteiger partial charge is 0.467 e. The van der Waals surface area contributed by atoms with E-state index in [9.17, 15) is 4.79 Å². The lowest BCUT2D eigenvalue weighted by Gasteiger charge is -2.32. The standard InChI is InChI=1S/C13H18N2O2/c14-10-3-1-5-12(16)15(9-6-7-9)13(10)11-4-2-8-17-11/h2,4,8-10,13H,1,3,5-7,14H2. The fourth-order valence-corrected chi connectivity index (χ4v) is 2.73. The topological polar surface area (TPSA) is 59.5 Å². The molecule has 2 atom stereocenters. The maximum atomic E-state index is 12.2. The fraction of sp³-hybridized carbons (Fsp3) is 0.615. The van der Waals surface area contributed by atoms with Gasteiger partial charge in [-0.2, -0.15) is 0 Å². The minimum absolute atomic E-state index is 0.00630. The van der Waals surface area contributed by atoms with Crippen LogP contribution in [0.5, 0.6) is 0 Å². The van der Waals surface area contributed by atoms with Crippen LogP contribution in [-0.4, -0.2) is 22.9 Å². The average Bonchev–Trinajstić information content (AvgIpc) is 3.02. The van der Waals surface area contributed by atoms with Gasteiger partial charge in [0.25, 0.3) is 0 Å². The maximum absolute atomic E-state index is 12.2. The van der Waals surface area contributed by atoms with Crippen LogP contribution >= 0.6 is 0 Å². The second kappa shape index (κ2) is 4.18. The highest BCUT2D eigenvalue weighted by molar-refractivity contribution is 5.77. The van der Waals surface area contributed by atoms with Gasteiger partial charge in [0, 0.05) is 18.5 Å². The molecule has 1 aromatic heterocycles. The molecule has 1 aliphatic heterocycles. The molecule has 2 unspecified atom stereocenters. The number of furan rings is 1. The minimum atomic E-state index is -0.0625. The molecule has 17 heavy (non-hydrogen) atoms. The van der Waals surface area contributed by atoms with E-state index in [1.165, 1.54) is 0 Å². The summed E-state index contributed by atoms with van der Waals surface area (Å²) < 4.78 is 5.48. The van der Waals surface area contributed by atoms with Crippen LogP contribution < -0.4 is 5.73 Å². The average molecular weight is 234 g/mol. The highest BCUT2D eigenvalue weighted by Gasteiger charge is 2.42. The monoisotopic (exact) mass is 234 g/mol. The Morgan fingerprint density at radius 1 is 1.35 bits per heavy atom. The lowest BCUT2D eigenvalue weighted by atomic mass is 10.0. The van der Waals surface area contributed by atoms with Crippen molar-refractivity contribution in [1.82, 2.24) is 4.90 Å². The first kappa shape index (κ1) is 10.8. The van der Waals surface area contributed by atoms with Crippen molar-refractivity contribution in [3.8, 4) is 0 Å². The van der Waals surface area contributed by atoms with Gasteiger partial charge in [-0.3, -0.25) is 4.79 Å². The molecule has 0 radical (unpaired) electrons. The van der Waals surface area contributed by atoms with Gasteiger partial charge in [-0.15, -0.1) is 0 Å². The summed E-state index contributed by atoms with van der Waals surface area (Å²) in [5.41, 5.74) is 6.23. The van der Waals surface area contributed by atoms with Crippen molar-refractivity contribution >= 4 is 5.91 Å². The summed E-state index contributed by atoms with van der Waals surface area (Å²) in [5, 5.41) is 0. The Hall–Kier alpha value is -1.29. The zero-order chi connectivity index (χ0) is 11.8. The quantitative estimate of drug-likeness (QED) is 0.849. The van der Waals surface area contributed by atoms with Crippen molar-refractivity contribution in [3.05, 3.63) is 24.2 Å². The third-order valence-corrected chi connectivity index (χ3v) is 3.70. The Morgan fingerprint density at radius 3 is 2.82 bits per heavy atom. The number of nitrogens with zero attached hydrogens (tertiary/aromatic N) is 1. The number of amides is 1. The second-order valence-corrected chi connectivity index (χ2v) is 5.05. The molecule has 92 valence electrons. The lowest BCUT2D eigenvalue weighted by molar-refractivity contribution is -0.134. The predicted molar refractivity (Wildman–Crippen MR) is 63.1 cm³/mol. The molecule has 1 saturated carbocycles. The summed E-state index contributed by atoms with van der Waals surface area (Å²) in [6.45, 7) is 0. The molecular weight excluding hydrogens is 216 g/mol. The number of nitrogens with two attached hydrogens (primary N) is 1. The van der Waals surface area contributed by atoms with E-state index in [4.69, 9.17) is 10.2 Å². The molecule has 1 aliphatic carbocycles. The molecule has 2 fully saturated rings. The van der Waals surface area contributed by atoms with Crippen molar-refractivity contribution < 1.29 is 9.21 Å². The molecule has 4 nitrogen and oxygen atoms in total. The van der Waals surface area contributed by atoms with Gasteiger partial charge in [-0.05, 0) is 37.8 Å². The molecule has 2 aliphatic rings. The van der Waals surface area contributed by atoms with E-state index in [0.29, 0.717) is 12.5 Å². The van der Waals surface area contributed by atoms with Crippen LogP contribution in [0.3, 0.4) is 0 Å². The molecule has 1 saturated heterocycles. The van der Waals surface area contributed by atoms with Crippen LogP contribution in [0.15, 0.2) is 22.8 Å². The molecule has 0 aromatic carbocycles. The van der Waals surface area contributed by atoms with E-state index in [1.807, 2.05) is 17.0 Å². The first-order valence-corrected chi connectivity index (χ1v) is 6.37. The van der Waals surface area contributed by atoms with E-state index < -0.39 is 0 Å². The van der Waals surface area contributed by atoms with Gasteiger partial charge < -0.3 is 15.1 Å². The van der Waals surface area contributed by atoms with Crippen LogP contribution in [-0.2, 0) is 4.79 Å². The summed E-state index contributed by atoms with van der Waals surface area (Å²) >= 11 is 0. The summed E-state index contributed by atoms with van der Waals surface area (Å²) in [7, 11) is 0. The summed E-state index contributed by atoms with van der Waals surface area (Å²) in [6, 6.07) is 4.11. The molecule has 4 heteroatoms. The van der Waals surface area contributed by atoms with Crippen LogP contribution in [0.25, 0.3) is 0 Å². The van der Waals surface area contributed by atoms with Crippen molar-refractivity contribution in [2.24, 2.45) is 5.73 Å². The smallest absolute Gasteiger partial charge is 0.223 e. The lowest BCUT2D eigenvalue weighted by Crippen LogP contribution is -2.43. The number of carbonyl (C=O) groups excluding carboxylic acids is 1. The second-order valence-electron chi connectivity index (χ2n) is 5.05. The van der Waals surface area contributed by atoms with Gasteiger partial charge in [0.05, 0.1) is 6.26 Å². The third-order valence-electron chi connectivity index (χ3n) is 3.70. The van der Waals surface area contributed by atoms with E-state index in [1.54, 1.807) is 6.26 Å². The van der Waals surface area contributed by atoms with Crippen LogP contribution in [0, 0.1) is 0 Å². The van der Waals surface area contributed by atoms with Gasteiger partial charge in [0.15, 0.2) is 0 Å².